The Hall–Kier alpha value is -0.960. The molecule has 1 aromatic rings. The Labute approximate surface area is 115 Å². The Morgan fingerprint density at radius 3 is 2.58 bits per heavy atom. The van der Waals surface area contributed by atoms with E-state index < -0.39 is 10.0 Å². The van der Waals surface area contributed by atoms with Crippen molar-refractivity contribution in [3.63, 3.8) is 0 Å². The van der Waals surface area contributed by atoms with Crippen molar-refractivity contribution in [2.75, 3.05) is 40.8 Å². The van der Waals surface area contributed by atoms with Crippen molar-refractivity contribution in [2.24, 2.45) is 5.73 Å². The zero-order valence-corrected chi connectivity index (χ0v) is 12.6. The average molecular weight is 289 g/mol. The molecule has 19 heavy (non-hydrogen) atoms. The largest absolute Gasteiger partial charge is 0.330 e. The highest BCUT2D eigenvalue weighted by Crippen LogP contribution is 2.13. The van der Waals surface area contributed by atoms with Gasteiger partial charge in [-0.1, -0.05) is 0 Å². The second kappa shape index (κ2) is 6.99. The first-order valence-corrected chi connectivity index (χ1v) is 7.65. The highest BCUT2D eigenvalue weighted by atomic mass is 32.2. The molecule has 1 heterocycles. The fourth-order valence-corrected chi connectivity index (χ4v) is 2.61. The predicted molar refractivity (Wildman–Crippen MR) is 74.3 cm³/mol. The van der Waals surface area contributed by atoms with Gasteiger partial charge in [0.25, 0.3) is 0 Å². The van der Waals surface area contributed by atoms with Crippen molar-refractivity contribution in [1.29, 1.82) is 0 Å². The number of sulfonamides is 1. The molecule has 0 spiro atoms. The molecule has 2 N–H and O–H groups in total. The minimum absolute atomic E-state index is 0.228. The first kappa shape index (κ1) is 16.1. The van der Waals surface area contributed by atoms with E-state index in [1.807, 2.05) is 19.0 Å². The normalized spacial score (nSPS) is 12.5. The SMILES string of the molecule is CN(C)CCN(C)S(=O)(=O)c1cnn(CCCN)c1. The van der Waals surface area contributed by atoms with Gasteiger partial charge in [-0.3, -0.25) is 4.68 Å². The van der Waals surface area contributed by atoms with Gasteiger partial charge in [-0.2, -0.15) is 9.40 Å². The molecule has 0 aliphatic rings. The standard InChI is InChI=1S/C11H23N5O2S/c1-14(2)7-8-15(3)19(17,18)11-9-13-16(10-11)6-4-5-12/h9-10H,4-8,12H2,1-3H3. The Bertz CT molecular complexity index is 483. The summed E-state index contributed by atoms with van der Waals surface area (Å²) in [5.74, 6) is 0. The summed E-state index contributed by atoms with van der Waals surface area (Å²) in [6, 6.07) is 0. The molecule has 0 aliphatic carbocycles. The third kappa shape index (κ3) is 4.57. The lowest BCUT2D eigenvalue weighted by atomic mass is 10.4. The lowest BCUT2D eigenvalue weighted by Crippen LogP contribution is -2.33. The van der Waals surface area contributed by atoms with E-state index in [0.29, 0.717) is 26.2 Å². The van der Waals surface area contributed by atoms with Crippen LogP contribution < -0.4 is 5.73 Å². The summed E-state index contributed by atoms with van der Waals surface area (Å²) in [6.07, 6.45) is 3.72. The van der Waals surface area contributed by atoms with E-state index in [0.717, 1.165) is 6.42 Å². The molecule has 0 aliphatic heterocycles. The minimum atomic E-state index is -3.45. The van der Waals surface area contributed by atoms with Crippen LogP contribution in [0, 0.1) is 0 Å². The van der Waals surface area contributed by atoms with Gasteiger partial charge in [-0.25, -0.2) is 8.42 Å². The Balaban J connectivity index is 2.73. The molecular formula is C11H23N5O2S. The van der Waals surface area contributed by atoms with Gasteiger partial charge in [0.05, 0.1) is 6.20 Å². The summed E-state index contributed by atoms with van der Waals surface area (Å²) in [5.41, 5.74) is 5.41. The topological polar surface area (TPSA) is 84.5 Å². The Morgan fingerprint density at radius 1 is 1.32 bits per heavy atom. The van der Waals surface area contributed by atoms with Crippen LogP contribution in [-0.2, 0) is 16.6 Å². The summed E-state index contributed by atoms with van der Waals surface area (Å²) in [7, 11) is 1.95. The van der Waals surface area contributed by atoms with Crippen molar-refractivity contribution < 1.29 is 8.42 Å². The minimum Gasteiger partial charge on any atom is -0.330 e. The van der Waals surface area contributed by atoms with Crippen LogP contribution in [0.15, 0.2) is 17.3 Å². The Kier molecular flexibility index (Phi) is 5.92. The third-order valence-electron chi connectivity index (χ3n) is 2.77. The van der Waals surface area contributed by atoms with Gasteiger partial charge in [0.15, 0.2) is 0 Å². The molecule has 110 valence electrons. The van der Waals surface area contributed by atoms with Gasteiger partial charge in [-0.05, 0) is 27.1 Å². The summed E-state index contributed by atoms with van der Waals surface area (Å²) < 4.78 is 27.5. The Morgan fingerprint density at radius 2 is 2.00 bits per heavy atom. The molecule has 0 bridgehead atoms. The maximum absolute atomic E-state index is 12.3. The zero-order valence-electron chi connectivity index (χ0n) is 11.8. The number of nitrogens with zero attached hydrogens (tertiary/aromatic N) is 4. The maximum atomic E-state index is 12.3. The van der Waals surface area contributed by atoms with Crippen molar-refractivity contribution >= 4 is 10.0 Å². The first-order valence-electron chi connectivity index (χ1n) is 6.21. The summed E-state index contributed by atoms with van der Waals surface area (Å²) in [4.78, 5) is 2.17. The van der Waals surface area contributed by atoms with Crippen molar-refractivity contribution in [1.82, 2.24) is 19.0 Å². The van der Waals surface area contributed by atoms with E-state index in [4.69, 9.17) is 5.73 Å². The van der Waals surface area contributed by atoms with E-state index in [-0.39, 0.29) is 4.90 Å². The molecule has 0 amide bonds. The lowest BCUT2D eigenvalue weighted by Gasteiger charge is -2.18. The molecule has 1 rings (SSSR count). The summed E-state index contributed by atoms with van der Waals surface area (Å²) in [6.45, 7) is 2.32. The maximum Gasteiger partial charge on any atom is 0.245 e. The molecule has 1 aromatic heterocycles. The smallest absolute Gasteiger partial charge is 0.245 e. The lowest BCUT2D eigenvalue weighted by molar-refractivity contribution is 0.358. The van der Waals surface area contributed by atoms with Crippen LogP contribution in [-0.4, -0.2) is 68.2 Å². The molecule has 0 saturated carbocycles. The van der Waals surface area contributed by atoms with Crippen LogP contribution in [0.1, 0.15) is 6.42 Å². The van der Waals surface area contributed by atoms with E-state index >= 15 is 0 Å². The third-order valence-corrected chi connectivity index (χ3v) is 4.58. The quantitative estimate of drug-likeness (QED) is 0.692. The van der Waals surface area contributed by atoms with Crippen LogP contribution in [0.2, 0.25) is 0 Å². The highest BCUT2D eigenvalue weighted by molar-refractivity contribution is 7.89. The highest BCUT2D eigenvalue weighted by Gasteiger charge is 2.22. The number of hydrogen-bond donors (Lipinski definition) is 1. The van der Waals surface area contributed by atoms with Gasteiger partial charge in [0, 0.05) is 32.9 Å². The predicted octanol–water partition coefficient (Wildman–Crippen LogP) is -0.586. The summed E-state index contributed by atoms with van der Waals surface area (Å²) >= 11 is 0. The molecule has 0 radical (unpaired) electrons. The monoisotopic (exact) mass is 289 g/mol. The average Bonchev–Trinajstić information content (AvgIpc) is 2.82. The first-order chi connectivity index (χ1) is 8.87. The molecule has 0 aromatic carbocycles. The molecule has 0 unspecified atom stereocenters. The molecule has 7 nitrogen and oxygen atoms in total. The van der Waals surface area contributed by atoms with Crippen LogP contribution >= 0.6 is 0 Å². The fraction of sp³-hybridized carbons (Fsp3) is 0.727. The number of nitrogens with two attached hydrogens (primary N) is 1. The van der Waals surface area contributed by atoms with Crippen molar-refractivity contribution in [3.8, 4) is 0 Å². The van der Waals surface area contributed by atoms with Crippen molar-refractivity contribution in [2.45, 2.75) is 17.9 Å². The summed E-state index contributed by atoms with van der Waals surface area (Å²) in [5, 5.41) is 4.04. The molecular weight excluding hydrogens is 266 g/mol. The van der Waals surface area contributed by atoms with E-state index in [2.05, 4.69) is 5.10 Å². The zero-order chi connectivity index (χ0) is 14.5. The number of aryl methyl sites for hydroxylation is 1. The fourth-order valence-electron chi connectivity index (χ4n) is 1.49. The molecule has 8 heteroatoms. The molecule has 0 atom stereocenters. The number of aromatic nitrogens is 2. The van der Waals surface area contributed by atoms with Gasteiger partial charge in [-0.15, -0.1) is 0 Å². The van der Waals surface area contributed by atoms with Gasteiger partial charge in [0.1, 0.15) is 4.90 Å². The van der Waals surface area contributed by atoms with Gasteiger partial charge < -0.3 is 10.6 Å². The van der Waals surface area contributed by atoms with E-state index in [9.17, 15) is 8.42 Å². The van der Waals surface area contributed by atoms with Gasteiger partial charge >= 0.3 is 0 Å². The van der Waals surface area contributed by atoms with Gasteiger partial charge in [0.2, 0.25) is 10.0 Å². The molecule has 0 saturated heterocycles. The van der Waals surface area contributed by atoms with Crippen LogP contribution in [0.5, 0.6) is 0 Å². The number of hydrogen-bond acceptors (Lipinski definition) is 5. The van der Waals surface area contributed by atoms with E-state index in [1.54, 1.807) is 17.9 Å². The number of rotatable bonds is 8. The van der Waals surface area contributed by atoms with Crippen LogP contribution in [0.25, 0.3) is 0 Å². The van der Waals surface area contributed by atoms with Crippen molar-refractivity contribution in [3.05, 3.63) is 12.4 Å². The number of likely N-dealkylation sites (N-methyl/N-ethyl adjacent to an activating group) is 2. The van der Waals surface area contributed by atoms with Crippen LogP contribution in [0.4, 0.5) is 0 Å². The van der Waals surface area contributed by atoms with E-state index in [1.165, 1.54) is 10.5 Å². The molecule has 0 fully saturated rings. The second-order valence-electron chi connectivity index (χ2n) is 4.71. The van der Waals surface area contributed by atoms with Crippen LogP contribution in [0.3, 0.4) is 0 Å². The second-order valence-corrected chi connectivity index (χ2v) is 6.76.